The largest absolute Gasteiger partial charge is 0.349 e. The summed E-state index contributed by atoms with van der Waals surface area (Å²) in [4.78, 5) is 11.0. The van der Waals surface area contributed by atoms with Crippen molar-refractivity contribution in [3.05, 3.63) is 0 Å². The molecular formula is C8H16N2O. The summed E-state index contributed by atoms with van der Waals surface area (Å²) in [7, 11) is 0. The van der Waals surface area contributed by atoms with Crippen LogP contribution in [0.2, 0.25) is 0 Å². The Morgan fingerprint density at radius 1 is 1.64 bits per heavy atom. The highest BCUT2D eigenvalue weighted by Gasteiger charge is 2.36. The molecular weight excluding hydrogens is 140 g/mol. The fourth-order valence-electron chi connectivity index (χ4n) is 1.37. The molecule has 3 nitrogen and oxygen atoms in total. The molecule has 0 radical (unpaired) electrons. The molecule has 0 aromatic heterocycles. The van der Waals surface area contributed by atoms with Crippen molar-refractivity contribution in [2.45, 2.75) is 38.1 Å². The molecule has 0 aliphatic heterocycles. The number of carbonyl (C=O) groups excluding carboxylic acids is 1. The summed E-state index contributed by atoms with van der Waals surface area (Å²) in [5.74, 6) is 0.121. The lowest BCUT2D eigenvalue weighted by Crippen LogP contribution is -2.58. The minimum absolute atomic E-state index is 0.0346. The van der Waals surface area contributed by atoms with Crippen LogP contribution in [-0.4, -0.2) is 18.0 Å². The van der Waals surface area contributed by atoms with E-state index in [0.29, 0.717) is 13.0 Å². The average Bonchev–Trinajstić information content (AvgIpc) is 1.96. The van der Waals surface area contributed by atoms with Crippen molar-refractivity contribution < 1.29 is 4.79 Å². The Kier molecular flexibility index (Phi) is 2.49. The average molecular weight is 156 g/mol. The monoisotopic (exact) mass is 156 g/mol. The Morgan fingerprint density at radius 3 is 2.55 bits per heavy atom. The number of nitrogens with two attached hydrogens (primary N) is 1. The van der Waals surface area contributed by atoms with Gasteiger partial charge in [-0.2, -0.15) is 0 Å². The van der Waals surface area contributed by atoms with Crippen molar-refractivity contribution >= 4 is 5.91 Å². The second-order valence-electron chi connectivity index (χ2n) is 3.24. The molecule has 0 spiro atoms. The van der Waals surface area contributed by atoms with E-state index in [-0.39, 0.29) is 11.4 Å². The van der Waals surface area contributed by atoms with E-state index in [2.05, 4.69) is 5.32 Å². The third-order valence-electron chi connectivity index (χ3n) is 2.43. The number of rotatable bonds is 3. The molecule has 1 aliphatic rings. The van der Waals surface area contributed by atoms with Gasteiger partial charge in [-0.3, -0.25) is 4.79 Å². The standard InChI is InChI=1S/C8H16N2O/c1-2-7(11)10-8(6-9)4-3-5-8/h2-6,9H2,1H3,(H,10,11). The van der Waals surface area contributed by atoms with Crippen molar-refractivity contribution in [2.24, 2.45) is 5.73 Å². The lowest BCUT2D eigenvalue weighted by atomic mass is 9.77. The van der Waals surface area contributed by atoms with Gasteiger partial charge in [0.2, 0.25) is 5.91 Å². The van der Waals surface area contributed by atoms with Gasteiger partial charge >= 0.3 is 0 Å². The zero-order chi connectivity index (χ0) is 8.32. The van der Waals surface area contributed by atoms with Crippen LogP contribution in [0.4, 0.5) is 0 Å². The maximum Gasteiger partial charge on any atom is 0.220 e. The van der Waals surface area contributed by atoms with Crippen LogP contribution in [0.1, 0.15) is 32.6 Å². The summed E-state index contributed by atoms with van der Waals surface area (Å²) in [6.07, 6.45) is 3.85. The highest BCUT2D eigenvalue weighted by Crippen LogP contribution is 2.30. The fraction of sp³-hybridized carbons (Fsp3) is 0.875. The Balaban J connectivity index is 2.38. The van der Waals surface area contributed by atoms with E-state index in [0.717, 1.165) is 12.8 Å². The highest BCUT2D eigenvalue weighted by molar-refractivity contribution is 5.76. The third-order valence-corrected chi connectivity index (χ3v) is 2.43. The van der Waals surface area contributed by atoms with Gasteiger partial charge in [-0.05, 0) is 19.3 Å². The first kappa shape index (κ1) is 8.53. The van der Waals surface area contributed by atoms with Crippen molar-refractivity contribution in [1.29, 1.82) is 0 Å². The lowest BCUT2D eigenvalue weighted by molar-refractivity contribution is -0.123. The van der Waals surface area contributed by atoms with Crippen LogP contribution in [-0.2, 0) is 4.79 Å². The van der Waals surface area contributed by atoms with E-state index >= 15 is 0 Å². The Hall–Kier alpha value is -0.570. The van der Waals surface area contributed by atoms with Crippen molar-refractivity contribution in [2.75, 3.05) is 6.54 Å². The number of hydrogen-bond donors (Lipinski definition) is 2. The lowest BCUT2D eigenvalue weighted by Gasteiger charge is -2.41. The molecule has 1 amide bonds. The first-order valence-corrected chi connectivity index (χ1v) is 4.23. The van der Waals surface area contributed by atoms with Crippen LogP contribution in [0.15, 0.2) is 0 Å². The molecule has 0 saturated heterocycles. The van der Waals surface area contributed by atoms with Crippen LogP contribution in [0, 0.1) is 0 Å². The van der Waals surface area contributed by atoms with Crippen LogP contribution >= 0.6 is 0 Å². The highest BCUT2D eigenvalue weighted by atomic mass is 16.1. The Labute approximate surface area is 67.3 Å². The Morgan fingerprint density at radius 2 is 2.27 bits per heavy atom. The molecule has 11 heavy (non-hydrogen) atoms. The molecule has 64 valence electrons. The molecule has 3 N–H and O–H groups in total. The number of amides is 1. The smallest absolute Gasteiger partial charge is 0.220 e. The molecule has 1 aliphatic carbocycles. The number of carbonyl (C=O) groups is 1. The summed E-state index contributed by atoms with van der Waals surface area (Å²) >= 11 is 0. The van der Waals surface area contributed by atoms with Gasteiger partial charge in [0.1, 0.15) is 0 Å². The normalized spacial score (nSPS) is 20.5. The topological polar surface area (TPSA) is 55.1 Å². The molecule has 3 heteroatoms. The quantitative estimate of drug-likeness (QED) is 0.621. The minimum atomic E-state index is -0.0346. The molecule has 1 saturated carbocycles. The van der Waals surface area contributed by atoms with Gasteiger partial charge in [-0.15, -0.1) is 0 Å². The molecule has 0 aromatic carbocycles. The molecule has 1 rings (SSSR count). The van der Waals surface area contributed by atoms with Gasteiger partial charge in [0.25, 0.3) is 0 Å². The van der Waals surface area contributed by atoms with Gasteiger partial charge < -0.3 is 11.1 Å². The van der Waals surface area contributed by atoms with Gasteiger partial charge in [0, 0.05) is 13.0 Å². The molecule has 1 fully saturated rings. The Bertz CT molecular complexity index is 147. The van der Waals surface area contributed by atoms with E-state index in [4.69, 9.17) is 5.73 Å². The molecule has 0 atom stereocenters. The van der Waals surface area contributed by atoms with Gasteiger partial charge in [-0.1, -0.05) is 6.92 Å². The summed E-state index contributed by atoms with van der Waals surface area (Å²) < 4.78 is 0. The van der Waals surface area contributed by atoms with Gasteiger partial charge in [0.05, 0.1) is 5.54 Å². The number of nitrogens with one attached hydrogen (secondary N) is 1. The van der Waals surface area contributed by atoms with E-state index in [9.17, 15) is 4.79 Å². The van der Waals surface area contributed by atoms with Crippen molar-refractivity contribution in [3.63, 3.8) is 0 Å². The van der Waals surface area contributed by atoms with Crippen LogP contribution < -0.4 is 11.1 Å². The molecule has 0 unspecified atom stereocenters. The zero-order valence-corrected chi connectivity index (χ0v) is 7.02. The predicted octanol–water partition coefficient (Wildman–Crippen LogP) is 0.394. The predicted molar refractivity (Wildman–Crippen MR) is 44.1 cm³/mol. The summed E-state index contributed by atoms with van der Waals surface area (Å²) in [5.41, 5.74) is 5.52. The zero-order valence-electron chi connectivity index (χ0n) is 7.02. The summed E-state index contributed by atoms with van der Waals surface area (Å²) in [6, 6.07) is 0. The van der Waals surface area contributed by atoms with E-state index < -0.39 is 0 Å². The summed E-state index contributed by atoms with van der Waals surface area (Å²) in [6.45, 7) is 2.44. The first-order chi connectivity index (χ1) is 5.22. The van der Waals surface area contributed by atoms with E-state index in [1.807, 2.05) is 6.92 Å². The second-order valence-corrected chi connectivity index (χ2v) is 3.24. The van der Waals surface area contributed by atoms with Crippen molar-refractivity contribution in [3.8, 4) is 0 Å². The molecule has 0 bridgehead atoms. The van der Waals surface area contributed by atoms with Crippen LogP contribution in [0.5, 0.6) is 0 Å². The van der Waals surface area contributed by atoms with Crippen LogP contribution in [0.25, 0.3) is 0 Å². The molecule has 0 aromatic rings. The van der Waals surface area contributed by atoms with E-state index in [1.54, 1.807) is 0 Å². The third kappa shape index (κ3) is 1.71. The first-order valence-electron chi connectivity index (χ1n) is 4.23. The maximum atomic E-state index is 11.0. The van der Waals surface area contributed by atoms with Gasteiger partial charge in [0.15, 0.2) is 0 Å². The summed E-state index contributed by atoms with van der Waals surface area (Å²) in [5, 5.41) is 2.97. The SMILES string of the molecule is CCC(=O)NC1(CN)CCC1. The van der Waals surface area contributed by atoms with Crippen molar-refractivity contribution in [1.82, 2.24) is 5.32 Å². The van der Waals surface area contributed by atoms with E-state index in [1.165, 1.54) is 6.42 Å². The molecule has 0 heterocycles. The van der Waals surface area contributed by atoms with Gasteiger partial charge in [-0.25, -0.2) is 0 Å². The minimum Gasteiger partial charge on any atom is -0.349 e. The maximum absolute atomic E-state index is 11.0. The van der Waals surface area contributed by atoms with Crippen LogP contribution in [0.3, 0.4) is 0 Å². The fourth-order valence-corrected chi connectivity index (χ4v) is 1.37. The second kappa shape index (κ2) is 3.22. The number of hydrogen-bond acceptors (Lipinski definition) is 2.